The largest absolute Gasteiger partial charge is 0.477 e. The third-order valence-electron chi connectivity index (χ3n) is 7.66. The molecule has 0 spiro atoms. The first kappa shape index (κ1) is 27.4. The van der Waals surface area contributed by atoms with Crippen LogP contribution in [0.1, 0.15) is 89.5 Å². The first-order valence-electron chi connectivity index (χ1n) is 14.2. The van der Waals surface area contributed by atoms with Gasteiger partial charge in [-0.05, 0) is 36.1 Å². The molecule has 37 heavy (non-hydrogen) atoms. The average Bonchev–Trinajstić information content (AvgIpc) is 3.65. The second-order valence-electron chi connectivity index (χ2n) is 10.3. The minimum Gasteiger partial charge on any atom is -0.477 e. The molecule has 1 aromatic heterocycles. The fourth-order valence-electron chi connectivity index (χ4n) is 5.26. The van der Waals surface area contributed by atoms with Crippen molar-refractivity contribution in [3.05, 3.63) is 69.4 Å². The maximum atomic E-state index is 14.2. The van der Waals surface area contributed by atoms with E-state index in [1.54, 1.807) is 11.3 Å². The molecule has 2 aliphatic heterocycles. The molecular weight excluding hydrogens is 476 g/mol. The third kappa shape index (κ3) is 6.09. The molecule has 0 saturated heterocycles. The molecule has 0 saturated carbocycles. The van der Waals surface area contributed by atoms with E-state index in [4.69, 9.17) is 9.73 Å². The quantitative estimate of drug-likeness (QED) is 0.251. The van der Waals surface area contributed by atoms with Gasteiger partial charge >= 0.3 is 0 Å². The number of benzene rings is 1. The van der Waals surface area contributed by atoms with Crippen molar-refractivity contribution in [1.29, 1.82) is 0 Å². The van der Waals surface area contributed by atoms with E-state index in [1.165, 1.54) is 25.7 Å². The van der Waals surface area contributed by atoms with Crippen LogP contribution < -0.4 is 0 Å². The van der Waals surface area contributed by atoms with Crippen LogP contribution in [0.2, 0.25) is 0 Å². The van der Waals surface area contributed by atoms with Gasteiger partial charge in [0.25, 0.3) is 5.91 Å². The highest BCUT2D eigenvalue weighted by Gasteiger charge is 2.45. The second kappa shape index (κ2) is 13.2. The monoisotopic (exact) mass is 518 g/mol. The van der Waals surface area contributed by atoms with E-state index in [2.05, 4.69) is 45.2 Å². The number of aliphatic imine (C=N–C) groups is 1. The summed E-state index contributed by atoms with van der Waals surface area (Å²) in [7, 11) is 0. The topological polar surface area (TPSA) is 41.9 Å². The molecule has 0 N–H and O–H groups in total. The van der Waals surface area contributed by atoms with E-state index >= 15 is 0 Å². The Hall–Kier alpha value is -2.66. The van der Waals surface area contributed by atoms with E-state index in [0.29, 0.717) is 29.9 Å². The van der Waals surface area contributed by atoms with Crippen LogP contribution in [-0.2, 0) is 9.53 Å². The molecular formula is C32H42N2O2S. The molecule has 0 radical (unpaired) electrons. The number of thiophene rings is 1. The Morgan fingerprint density at radius 2 is 1.59 bits per heavy atom. The number of amides is 1. The molecule has 4 rings (SSSR count). The van der Waals surface area contributed by atoms with Crippen molar-refractivity contribution in [3.63, 3.8) is 0 Å². The molecule has 4 nitrogen and oxygen atoms in total. The van der Waals surface area contributed by atoms with Gasteiger partial charge in [0.2, 0.25) is 5.90 Å². The Morgan fingerprint density at radius 3 is 2.22 bits per heavy atom. The summed E-state index contributed by atoms with van der Waals surface area (Å²) in [6, 6.07) is 14.3. The first-order chi connectivity index (χ1) is 18.1. The molecule has 2 unspecified atom stereocenters. The van der Waals surface area contributed by atoms with Crippen molar-refractivity contribution < 1.29 is 9.53 Å². The Kier molecular flexibility index (Phi) is 9.79. The van der Waals surface area contributed by atoms with Gasteiger partial charge in [0.15, 0.2) is 0 Å². The van der Waals surface area contributed by atoms with Crippen molar-refractivity contribution in [2.24, 2.45) is 16.8 Å². The minimum atomic E-state index is 0.0626. The van der Waals surface area contributed by atoms with E-state index in [0.717, 1.165) is 59.6 Å². The maximum absolute atomic E-state index is 14.2. The third-order valence-corrected chi connectivity index (χ3v) is 8.54. The number of nitrogens with zero attached hydrogens (tertiary/aromatic N) is 2. The lowest BCUT2D eigenvalue weighted by Gasteiger charge is -2.26. The summed E-state index contributed by atoms with van der Waals surface area (Å²) in [5.41, 5.74) is 4.29. The number of ether oxygens (including phenoxy) is 1. The molecule has 1 amide bonds. The summed E-state index contributed by atoms with van der Waals surface area (Å²) in [5, 5.41) is 2.09. The molecule has 1 aromatic carbocycles. The Balaban J connectivity index is 1.77. The smallest absolute Gasteiger partial charge is 0.261 e. The SMILES string of the molecule is CCCCC(CC)COC1=NC(c2ccccc2)=C2C(=O)N(CC(CC)CCCC)C(c3cccs3)=C12. The minimum absolute atomic E-state index is 0.0626. The molecule has 0 fully saturated rings. The highest BCUT2D eigenvalue weighted by Crippen LogP contribution is 2.46. The zero-order valence-corrected chi connectivity index (χ0v) is 23.8. The zero-order valence-electron chi connectivity index (χ0n) is 23.0. The summed E-state index contributed by atoms with van der Waals surface area (Å²) >= 11 is 1.68. The van der Waals surface area contributed by atoms with Crippen LogP contribution >= 0.6 is 11.3 Å². The summed E-state index contributed by atoms with van der Waals surface area (Å²) < 4.78 is 6.52. The second-order valence-corrected chi connectivity index (χ2v) is 11.2. The van der Waals surface area contributed by atoms with Crippen LogP contribution in [0, 0.1) is 11.8 Å². The van der Waals surface area contributed by atoms with Gasteiger partial charge in [-0.1, -0.05) is 103 Å². The molecule has 0 aliphatic carbocycles. The fourth-order valence-corrected chi connectivity index (χ4v) is 6.05. The standard InChI is InChI=1S/C32H42N2O2S/c1-5-9-15-23(7-3)21-34-30(26-19-14-20-37-26)28-27(32(34)35)29(25-17-12-11-13-18-25)33-31(28)36-22-24(8-4)16-10-6-2/h11-14,17-20,23-24H,5-10,15-16,21-22H2,1-4H3. The summed E-state index contributed by atoms with van der Waals surface area (Å²) in [6.45, 7) is 10.3. The van der Waals surface area contributed by atoms with Crippen LogP contribution in [0.4, 0.5) is 0 Å². The van der Waals surface area contributed by atoms with Gasteiger partial charge in [0.1, 0.15) is 0 Å². The summed E-state index contributed by atoms with van der Waals surface area (Å²) in [6.07, 6.45) is 9.20. The maximum Gasteiger partial charge on any atom is 0.261 e. The van der Waals surface area contributed by atoms with Crippen LogP contribution in [0.3, 0.4) is 0 Å². The van der Waals surface area contributed by atoms with Gasteiger partial charge in [-0.2, -0.15) is 0 Å². The van der Waals surface area contributed by atoms with E-state index in [1.807, 2.05) is 35.2 Å². The van der Waals surface area contributed by atoms with Gasteiger partial charge in [-0.25, -0.2) is 4.99 Å². The van der Waals surface area contributed by atoms with Crippen LogP contribution in [0.25, 0.3) is 11.4 Å². The first-order valence-corrected chi connectivity index (χ1v) is 15.1. The Bertz CT molecular complexity index is 1130. The van der Waals surface area contributed by atoms with Gasteiger partial charge in [-0.15, -0.1) is 11.3 Å². The zero-order chi connectivity index (χ0) is 26.2. The van der Waals surface area contributed by atoms with Crippen LogP contribution in [0.15, 0.2) is 64.0 Å². The van der Waals surface area contributed by atoms with E-state index < -0.39 is 0 Å². The molecule has 198 valence electrons. The van der Waals surface area contributed by atoms with E-state index in [9.17, 15) is 4.79 Å². The number of hydrogen-bond donors (Lipinski definition) is 0. The normalized spacial score (nSPS) is 16.9. The predicted octanol–water partition coefficient (Wildman–Crippen LogP) is 8.57. The number of carbonyl (C=O) groups is 1. The highest BCUT2D eigenvalue weighted by molar-refractivity contribution is 7.11. The Labute approximate surface area is 227 Å². The number of unbranched alkanes of at least 4 members (excludes halogenated alkanes) is 2. The lowest BCUT2D eigenvalue weighted by atomic mass is 9.98. The van der Waals surface area contributed by atoms with Gasteiger partial charge in [-0.3, -0.25) is 4.79 Å². The average molecular weight is 519 g/mol. The van der Waals surface area contributed by atoms with Gasteiger partial charge < -0.3 is 9.64 Å². The van der Waals surface area contributed by atoms with Crippen molar-refractivity contribution in [2.45, 2.75) is 79.1 Å². The summed E-state index contributed by atoms with van der Waals surface area (Å²) in [5.74, 6) is 1.64. The molecule has 2 aliphatic rings. The Morgan fingerprint density at radius 1 is 0.892 bits per heavy atom. The van der Waals surface area contributed by atoms with E-state index in [-0.39, 0.29) is 5.91 Å². The lowest BCUT2D eigenvalue weighted by Crippen LogP contribution is -2.31. The molecule has 0 bridgehead atoms. The van der Waals surface area contributed by atoms with Gasteiger partial charge in [0.05, 0.1) is 34.0 Å². The molecule has 2 atom stereocenters. The number of fused-ring (bicyclic) bond motifs is 1. The van der Waals surface area contributed by atoms with Crippen molar-refractivity contribution in [2.75, 3.05) is 13.2 Å². The van der Waals surface area contributed by atoms with Crippen molar-refractivity contribution in [3.8, 4) is 0 Å². The number of hydrogen-bond acceptors (Lipinski definition) is 4. The number of carbonyl (C=O) groups excluding carboxylic acids is 1. The van der Waals surface area contributed by atoms with Gasteiger partial charge in [0, 0.05) is 12.1 Å². The highest BCUT2D eigenvalue weighted by atomic mass is 32.1. The lowest BCUT2D eigenvalue weighted by molar-refractivity contribution is -0.123. The molecule has 3 heterocycles. The van der Waals surface area contributed by atoms with Crippen LogP contribution in [-0.4, -0.2) is 29.9 Å². The summed E-state index contributed by atoms with van der Waals surface area (Å²) in [4.78, 5) is 22.3. The fraction of sp³-hybridized carbons (Fsp3) is 0.500. The molecule has 2 aromatic rings. The van der Waals surface area contributed by atoms with Crippen LogP contribution in [0.5, 0.6) is 0 Å². The van der Waals surface area contributed by atoms with Crippen molar-refractivity contribution >= 4 is 34.5 Å². The van der Waals surface area contributed by atoms with Crippen molar-refractivity contribution in [1.82, 2.24) is 4.90 Å². The molecule has 5 heteroatoms. The number of rotatable bonds is 14. The predicted molar refractivity (Wildman–Crippen MR) is 156 cm³/mol.